The van der Waals surface area contributed by atoms with Crippen LogP contribution in [0.15, 0.2) is 24.3 Å². The standard InChI is InChI=1S/C15H18FNO4/c16-10-4-6-11(7-5-10)21-9-8-14(18)17-13-3-1-2-12(13)15(19)20/h4-7,12-13H,1-3,8-9H2,(H,17,18)(H,19,20). The minimum Gasteiger partial charge on any atom is -0.493 e. The second-order valence-corrected chi connectivity index (χ2v) is 5.10. The van der Waals surface area contributed by atoms with Gasteiger partial charge < -0.3 is 15.2 Å². The van der Waals surface area contributed by atoms with Crippen molar-refractivity contribution in [1.82, 2.24) is 5.32 Å². The number of carboxylic acids is 1. The zero-order valence-corrected chi connectivity index (χ0v) is 11.5. The normalized spacial score (nSPS) is 21.0. The number of benzene rings is 1. The highest BCUT2D eigenvalue weighted by Crippen LogP contribution is 2.25. The van der Waals surface area contributed by atoms with Gasteiger partial charge in [-0.3, -0.25) is 9.59 Å². The minimum atomic E-state index is -0.861. The van der Waals surface area contributed by atoms with Crippen LogP contribution in [0.2, 0.25) is 0 Å². The van der Waals surface area contributed by atoms with E-state index in [0.29, 0.717) is 18.6 Å². The summed E-state index contributed by atoms with van der Waals surface area (Å²) in [6.45, 7) is 0.169. The maximum Gasteiger partial charge on any atom is 0.308 e. The van der Waals surface area contributed by atoms with Gasteiger partial charge in [-0.1, -0.05) is 6.42 Å². The Hall–Kier alpha value is -2.11. The molecule has 1 fully saturated rings. The highest BCUT2D eigenvalue weighted by atomic mass is 19.1. The molecule has 1 aromatic rings. The van der Waals surface area contributed by atoms with Gasteiger partial charge in [0.15, 0.2) is 0 Å². The zero-order valence-electron chi connectivity index (χ0n) is 11.5. The minimum absolute atomic E-state index is 0.139. The van der Waals surface area contributed by atoms with E-state index in [-0.39, 0.29) is 30.8 Å². The molecule has 2 atom stereocenters. The number of ether oxygens (including phenoxy) is 1. The molecule has 0 aromatic heterocycles. The summed E-state index contributed by atoms with van der Waals surface area (Å²) >= 11 is 0. The Labute approximate surface area is 122 Å². The molecule has 0 spiro atoms. The lowest BCUT2D eigenvalue weighted by Gasteiger charge is -2.17. The van der Waals surface area contributed by atoms with Crippen molar-refractivity contribution in [2.24, 2.45) is 5.92 Å². The number of carbonyl (C=O) groups excluding carboxylic acids is 1. The van der Waals surface area contributed by atoms with Crippen LogP contribution in [-0.4, -0.2) is 29.6 Å². The summed E-state index contributed by atoms with van der Waals surface area (Å²) in [5.41, 5.74) is 0. The maximum absolute atomic E-state index is 12.7. The summed E-state index contributed by atoms with van der Waals surface area (Å²) in [6, 6.07) is 5.26. The monoisotopic (exact) mass is 295 g/mol. The molecule has 114 valence electrons. The van der Waals surface area contributed by atoms with E-state index in [1.165, 1.54) is 24.3 Å². The van der Waals surface area contributed by atoms with Gasteiger partial charge in [0.25, 0.3) is 0 Å². The topological polar surface area (TPSA) is 75.6 Å². The van der Waals surface area contributed by atoms with E-state index in [9.17, 15) is 14.0 Å². The smallest absolute Gasteiger partial charge is 0.308 e. The first kappa shape index (κ1) is 15.3. The molecule has 0 heterocycles. The van der Waals surface area contributed by atoms with E-state index in [1.54, 1.807) is 0 Å². The van der Waals surface area contributed by atoms with Crippen molar-refractivity contribution >= 4 is 11.9 Å². The third-order valence-corrected chi connectivity index (χ3v) is 3.59. The number of carbonyl (C=O) groups is 2. The SMILES string of the molecule is O=C(CCOc1ccc(F)cc1)NC1CCCC1C(=O)O. The predicted octanol–water partition coefficient (Wildman–Crippen LogP) is 1.96. The van der Waals surface area contributed by atoms with E-state index >= 15 is 0 Å². The number of aliphatic carboxylic acids is 1. The number of rotatable bonds is 6. The third kappa shape index (κ3) is 4.44. The van der Waals surface area contributed by atoms with Crippen LogP contribution in [0.3, 0.4) is 0 Å². The highest BCUT2D eigenvalue weighted by molar-refractivity contribution is 5.78. The van der Waals surface area contributed by atoms with Gasteiger partial charge >= 0.3 is 5.97 Å². The molecular weight excluding hydrogens is 277 g/mol. The number of hydrogen-bond donors (Lipinski definition) is 2. The van der Waals surface area contributed by atoms with Gasteiger partial charge in [-0.25, -0.2) is 4.39 Å². The molecule has 0 saturated heterocycles. The summed E-state index contributed by atoms with van der Waals surface area (Å²) in [4.78, 5) is 22.8. The molecule has 5 nitrogen and oxygen atoms in total. The average molecular weight is 295 g/mol. The van der Waals surface area contributed by atoms with Crippen molar-refractivity contribution in [3.63, 3.8) is 0 Å². The summed E-state index contributed by atoms with van der Waals surface area (Å²) < 4.78 is 18.0. The van der Waals surface area contributed by atoms with Crippen molar-refractivity contribution in [1.29, 1.82) is 0 Å². The van der Waals surface area contributed by atoms with Gasteiger partial charge in [0.2, 0.25) is 5.91 Å². The number of hydrogen-bond acceptors (Lipinski definition) is 3. The Bertz CT molecular complexity index is 503. The van der Waals surface area contributed by atoms with Crippen LogP contribution >= 0.6 is 0 Å². The van der Waals surface area contributed by atoms with Crippen LogP contribution in [0.25, 0.3) is 0 Å². The van der Waals surface area contributed by atoms with Crippen LogP contribution in [0.4, 0.5) is 4.39 Å². The first-order chi connectivity index (χ1) is 10.1. The summed E-state index contributed by atoms with van der Waals surface area (Å²) in [5.74, 6) is -1.43. The Balaban J connectivity index is 1.72. The van der Waals surface area contributed by atoms with Crippen molar-refractivity contribution in [3.8, 4) is 5.75 Å². The quantitative estimate of drug-likeness (QED) is 0.841. The molecule has 6 heteroatoms. The molecule has 2 N–H and O–H groups in total. The predicted molar refractivity (Wildman–Crippen MR) is 73.4 cm³/mol. The van der Waals surface area contributed by atoms with Gasteiger partial charge in [0, 0.05) is 6.04 Å². The fourth-order valence-corrected chi connectivity index (χ4v) is 2.50. The third-order valence-electron chi connectivity index (χ3n) is 3.59. The van der Waals surface area contributed by atoms with Gasteiger partial charge in [-0.2, -0.15) is 0 Å². The Morgan fingerprint density at radius 2 is 2.00 bits per heavy atom. The fraction of sp³-hybridized carbons (Fsp3) is 0.467. The van der Waals surface area contributed by atoms with Crippen LogP contribution in [-0.2, 0) is 9.59 Å². The van der Waals surface area contributed by atoms with Gasteiger partial charge in [0.1, 0.15) is 11.6 Å². The molecule has 1 aliphatic rings. The second kappa shape index (κ2) is 7.06. The number of halogens is 1. The Morgan fingerprint density at radius 3 is 2.67 bits per heavy atom. The number of nitrogens with one attached hydrogen (secondary N) is 1. The lowest BCUT2D eigenvalue weighted by molar-refractivity contribution is -0.142. The molecule has 21 heavy (non-hydrogen) atoms. The molecule has 1 amide bonds. The first-order valence-corrected chi connectivity index (χ1v) is 6.97. The summed E-state index contributed by atoms with van der Waals surface area (Å²) in [5, 5.41) is 11.8. The summed E-state index contributed by atoms with van der Waals surface area (Å²) in [7, 11) is 0. The second-order valence-electron chi connectivity index (χ2n) is 5.10. The fourth-order valence-electron chi connectivity index (χ4n) is 2.50. The number of carboxylic acid groups (broad SMARTS) is 1. The van der Waals surface area contributed by atoms with Gasteiger partial charge in [0.05, 0.1) is 18.9 Å². The van der Waals surface area contributed by atoms with E-state index in [2.05, 4.69) is 5.32 Å². The molecule has 2 unspecified atom stereocenters. The molecule has 0 radical (unpaired) electrons. The molecule has 0 aliphatic heterocycles. The van der Waals surface area contributed by atoms with Gasteiger partial charge in [-0.05, 0) is 37.1 Å². The Morgan fingerprint density at radius 1 is 1.29 bits per heavy atom. The highest BCUT2D eigenvalue weighted by Gasteiger charge is 2.33. The van der Waals surface area contributed by atoms with Crippen molar-refractivity contribution in [3.05, 3.63) is 30.1 Å². The zero-order chi connectivity index (χ0) is 15.2. The molecule has 1 saturated carbocycles. The molecular formula is C15H18FNO4. The molecule has 1 aromatic carbocycles. The molecule has 0 bridgehead atoms. The number of amides is 1. The van der Waals surface area contributed by atoms with Crippen molar-refractivity contribution in [2.75, 3.05) is 6.61 Å². The van der Waals surface area contributed by atoms with Crippen LogP contribution in [0.1, 0.15) is 25.7 Å². The first-order valence-electron chi connectivity index (χ1n) is 6.97. The van der Waals surface area contributed by atoms with Gasteiger partial charge in [-0.15, -0.1) is 0 Å². The molecule has 2 rings (SSSR count). The van der Waals surface area contributed by atoms with E-state index < -0.39 is 11.9 Å². The van der Waals surface area contributed by atoms with E-state index in [0.717, 1.165) is 6.42 Å². The van der Waals surface area contributed by atoms with Crippen LogP contribution in [0.5, 0.6) is 5.75 Å². The van der Waals surface area contributed by atoms with Crippen molar-refractivity contribution in [2.45, 2.75) is 31.7 Å². The molecule has 1 aliphatic carbocycles. The summed E-state index contributed by atoms with van der Waals surface area (Å²) in [6.07, 6.45) is 2.25. The lowest BCUT2D eigenvalue weighted by atomic mass is 10.0. The lowest BCUT2D eigenvalue weighted by Crippen LogP contribution is -2.40. The average Bonchev–Trinajstić information content (AvgIpc) is 2.89. The van der Waals surface area contributed by atoms with E-state index in [1.807, 2.05) is 0 Å². The maximum atomic E-state index is 12.7. The van der Waals surface area contributed by atoms with Crippen LogP contribution in [0, 0.1) is 11.7 Å². The van der Waals surface area contributed by atoms with Crippen molar-refractivity contribution < 1.29 is 23.8 Å². The van der Waals surface area contributed by atoms with E-state index in [4.69, 9.17) is 9.84 Å². The van der Waals surface area contributed by atoms with Crippen LogP contribution < -0.4 is 10.1 Å². The largest absolute Gasteiger partial charge is 0.493 e. The Kier molecular flexibility index (Phi) is 5.14.